The van der Waals surface area contributed by atoms with Gasteiger partial charge in [0.05, 0.1) is 19.3 Å². The molecule has 5 nitrogen and oxygen atoms in total. The number of morpholine rings is 1. The van der Waals surface area contributed by atoms with E-state index in [9.17, 15) is 4.79 Å². The molecule has 1 unspecified atom stereocenters. The van der Waals surface area contributed by atoms with E-state index in [4.69, 9.17) is 21.1 Å². The van der Waals surface area contributed by atoms with Crippen LogP contribution in [0.1, 0.15) is 11.1 Å². The lowest BCUT2D eigenvalue weighted by molar-refractivity contribution is -0.0271. The molecule has 1 saturated heterocycles. The summed E-state index contributed by atoms with van der Waals surface area (Å²) in [7, 11) is 0. The summed E-state index contributed by atoms with van der Waals surface area (Å²) in [6, 6.07) is 17.4. The van der Waals surface area contributed by atoms with Gasteiger partial charge in [0, 0.05) is 24.7 Å². The van der Waals surface area contributed by atoms with E-state index in [-0.39, 0.29) is 18.8 Å². The number of hydrogen-bond acceptors (Lipinski definition) is 4. The number of rotatable bonds is 6. The Morgan fingerprint density at radius 3 is 2.81 bits per heavy atom. The number of carbonyl (C=O) groups is 1. The summed E-state index contributed by atoms with van der Waals surface area (Å²) in [5.41, 5.74) is 2.10. The Hall–Kier alpha value is -2.08. The van der Waals surface area contributed by atoms with Gasteiger partial charge in [-0.25, -0.2) is 4.79 Å². The van der Waals surface area contributed by atoms with Gasteiger partial charge >= 0.3 is 6.09 Å². The molecule has 3 rings (SSSR count). The molecule has 0 spiro atoms. The normalized spacial score (nSPS) is 17.1. The van der Waals surface area contributed by atoms with Crippen LogP contribution in [-0.2, 0) is 22.6 Å². The van der Waals surface area contributed by atoms with Crippen LogP contribution in [0.15, 0.2) is 54.6 Å². The zero-order chi connectivity index (χ0) is 18.2. The maximum Gasteiger partial charge on any atom is 0.410 e. The highest BCUT2D eigenvalue weighted by Crippen LogP contribution is 2.11. The first kappa shape index (κ1) is 18.7. The van der Waals surface area contributed by atoms with Crippen LogP contribution in [-0.4, -0.2) is 43.3 Å². The molecule has 1 N–H and O–H groups in total. The van der Waals surface area contributed by atoms with Gasteiger partial charge in [-0.1, -0.05) is 54.1 Å². The van der Waals surface area contributed by atoms with Gasteiger partial charge in [0.15, 0.2) is 0 Å². The van der Waals surface area contributed by atoms with E-state index in [1.807, 2.05) is 54.6 Å². The second kappa shape index (κ2) is 9.57. The van der Waals surface area contributed by atoms with Crippen LogP contribution in [0.3, 0.4) is 0 Å². The van der Waals surface area contributed by atoms with Crippen LogP contribution in [0.4, 0.5) is 4.79 Å². The molecule has 0 radical (unpaired) electrons. The number of carbonyl (C=O) groups excluding carboxylic acids is 1. The number of nitrogens with zero attached hydrogens (tertiary/aromatic N) is 1. The fourth-order valence-electron chi connectivity index (χ4n) is 2.84. The highest BCUT2D eigenvalue weighted by atomic mass is 35.5. The van der Waals surface area contributed by atoms with Gasteiger partial charge in [-0.3, -0.25) is 0 Å². The summed E-state index contributed by atoms with van der Waals surface area (Å²) in [6.07, 6.45) is -0.343. The smallest absolute Gasteiger partial charge is 0.410 e. The van der Waals surface area contributed by atoms with Crippen molar-refractivity contribution in [3.63, 3.8) is 0 Å². The van der Waals surface area contributed by atoms with Crippen molar-refractivity contribution in [3.8, 4) is 0 Å². The van der Waals surface area contributed by atoms with Gasteiger partial charge in [-0.2, -0.15) is 0 Å². The molecule has 1 fully saturated rings. The highest BCUT2D eigenvalue weighted by Gasteiger charge is 2.25. The van der Waals surface area contributed by atoms with Crippen LogP contribution in [0.2, 0.25) is 5.02 Å². The van der Waals surface area contributed by atoms with Crippen LogP contribution in [0, 0.1) is 0 Å². The number of ether oxygens (including phenoxy) is 2. The third-order valence-corrected chi connectivity index (χ3v) is 4.43. The first-order valence-electron chi connectivity index (χ1n) is 8.73. The Morgan fingerprint density at radius 1 is 1.19 bits per heavy atom. The van der Waals surface area contributed by atoms with Crippen molar-refractivity contribution in [3.05, 3.63) is 70.7 Å². The zero-order valence-corrected chi connectivity index (χ0v) is 15.3. The van der Waals surface area contributed by atoms with E-state index >= 15 is 0 Å². The maximum absolute atomic E-state index is 12.3. The minimum atomic E-state index is -0.294. The molecule has 1 atom stereocenters. The fourth-order valence-corrected chi connectivity index (χ4v) is 3.06. The van der Waals surface area contributed by atoms with Crippen LogP contribution >= 0.6 is 11.6 Å². The third kappa shape index (κ3) is 5.73. The fraction of sp³-hybridized carbons (Fsp3) is 0.350. The molecule has 1 heterocycles. The second-order valence-electron chi connectivity index (χ2n) is 6.24. The van der Waals surface area contributed by atoms with Gasteiger partial charge in [0.25, 0.3) is 0 Å². The van der Waals surface area contributed by atoms with Crippen molar-refractivity contribution < 1.29 is 14.3 Å². The van der Waals surface area contributed by atoms with E-state index in [0.29, 0.717) is 32.8 Å². The number of hydrogen-bond donors (Lipinski definition) is 1. The van der Waals surface area contributed by atoms with Gasteiger partial charge in [-0.05, 0) is 23.3 Å². The molecule has 2 aromatic carbocycles. The van der Waals surface area contributed by atoms with Crippen LogP contribution in [0.25, 0.3) is 0 Å². The summed E-state index contributed by atoms with van der Waals surface area (Å²) in [5.74, 6) is 0. The SMILES string of the molecule is O=C(OCc1ccccc1)N1CCOC(CNCc2cccc(Cl)c2)C1. The number of amides is 1. The van der Waals surface area contributed by atoms with Gasteiger partial charge in [-0.15, -0.1) is 0 Å². The number of nitrogens with one attached hydrogen (secondary N) is 1. The van der Waals surface area contributed by atoms with E-state index in [0.717, 1.165) is 16.1 Å². The summed E-state index contributed by atoms with van der Waals surface area (Å²) in [5, 5.41) is 4.08. The lowest BCUT2D eigenvalue weighted by Gasteiger charge is -2.32. The standard InChI is InChI=1S/C20H23ClN2O3/c21-18-8-4-7-17(11-18)12-22-13-19-14-23(9-10-25-19)20(24)26-15-16-5-2-1-3-6-16/h1-8,11,19,22H,9-10,12-15H2. The predicted molar refractivity (Wildman–Crippen MR) is 101 cm³/mol. The molecule has 0 saturated carbocycles. The lowest BCUT2D eigenvalue weighted by atomic mass is 10.2. The summed E-state index contributed by atoms with van der Waals surface area (Å²) >= 11 is 5.99. The van der Waals surface area contributed by atoms with E-state index in [2.05, 4.69) is 5.32 Å². The van der Waals surface area contributed by atoms with Crippen molar-refractivity contribution in [2.75, 3.05) is 26.2 Å². The monoisotopic (exact) mass is 374 g/mol. The lowest BCUT2D eigenvalue weighted by Crippen LogP contribution is -2.49. The molecule has 2 aromatic rings. The summed E-state index contributed by atoms with van der Waals surface area (Å²) in [6.45, 7) is 3.25. The van der Waals surface area contributed by atoms with Crippen molar-refractivity contribution in [1.82, 2.24) is 10.2 Å². The van der Waals surface area contributed by atoms with E-state index < -0.39 is 0 Å². The average Bonchev–Trinajstić information content (AvgIpc) is 2.67. The molecule has 26 heavy (non-hydrogen) atoms. The largest absolute Gasteiger partial charge is 0.445 e. The maximum atomic E-state index is 12.3. The summed E-state index contributed by atoms with van der Waals surface area (Å²) in [4.78, 5) is 14.0. The molecule has 138 valence electrons. The zero-order valence-electron chi connectivity index (χ0n) is 14.6. The number of halogens is 1. The Kier molecular flexibility index (Phi) is 6.89. The van der Waals surface area contributed by atoms with E-state index in [1.54, 1.807) is 4.90 Å². The Morgan fingerprint density at radius 2 is 2.00 bits per heavy atom. The molecular formula is C20H23ClN2O3. The Labute approximate surface area is 158 Å². The average molecular weight is 375 g/mol. The van der Waals surface area contributed by atoms with E-state index in [1.165, 1.54) is 0 Å². The predicted octanol–water partition coefficient (Wildman–Crippen LogP) is 3.47. The van der Waals surface area contributed by atoms with Crippen molar-refractivity contribution in [2.45, 2.75) is 19.3 Å². The molecule has 0 aliphatic carbocycles. The van der Waals surface area contributed by atoms with Crippen molar-refractivity contribution >= 4 is 17.7 Å². The Balaban J connectivity index is 1.41. The Bertz CT molecular complexity index is 711. The molecule has 1 aliphatic heterocycles. The van der Waals surface area contributed by atoms with Gasteiger partial charge < -0.3 is 19.7 Å². The van der Waals surface area contributed by atoms with Crippen molar-refractivity contribution in [1.29, 1.82) is 0 Å². The van der Waals surface area contributed by atoms with Gasteiger partial charge in [0.2, 0.25) is 0 Å². The third-order valence-electron chi connectivity index (χ3n) is 4.19. The van der Waals surface area contributed by atoms with Crippen LogP contribution in [0.5, 0.6) is 0 Å². The van der Waals surface area contributed by atoms with Gasteiger partial charge in [0.1, 0.15) is 6.61 Å². The molecule has 1 amide bonds. The first-order valence-corrected chi connectivity index (χ1v) is 9.11. The highest BCUT2D eigenvalue weighted by molar-refractivity contribution is 6.30. The molecule has 1 aliphatic rings. The molecular weight excluding hydrogens is 352 g/mol. The minimum Gasteiger partial charge on any atom is -0.445 e. The molecule has 0 aromatic heterocycles. The quantitative estimate of drug-likeness (QED) is 0.841. The topological polar surface area (TPSA) is 50.8 Å². The summed E-state index contributed by atoms with van der Waals surface area (Å²) < 4.78 is 11.1. The molecule has 0 bridgehead atoms. The van der Waals surface area contributed by atoms with Crippen LogP contribution < -0.4 is 5.32 Å². The molecule has 6 heteroatoms. The van der Waals surface area contributed by atoms with Crippen molar-refractivity contribution in [2.24, 2.45) is 0 Å². The minimum absolute atomic E-state index is 0.0489. The number of benzene rings is 2. The first-order chi connectivity index (χ1) is 12.7. The second-order valence-corrected chi connectivity index (χ2v) is 6.68.